The van der Waals surface area contributed by atoms with E-state index >= 15 is 0 Å². The van der Waals surface area contributed by atoms with E-state index in [1.165, 1.54) is 29.2 Å². The number of rotatable bonds is 13. The molecule has 0 spiro atoms. The van der Waals surface area contributed by atoms with Gasteiger partial charge in [0.2, 0.25) is 11.0 Å². The first-order valence-corrected chi connectivity index (χ1v) is 14.0. The van der Waals surface area contributed by atoms with Gasteiger partial charge in [0.25, 0.3) is 0 Å². The van der Waals surface area contributed by atoms with Crippen molar-refractivity contribution in [1.82, 2.24) is 14.3 Å². The Balaban J connectivity index is 1.43. The lowest BCUT2D eigenvalue weighted by molar-refractivity contribution is -0.131. The molecule has 7 heteroatoms. The van der Waals surface area contributed by atoms with Crippen molar-refractivity contribution in [3.63, 3.8) is 0 Å². The van der Waals surface area contributed by atoms with Crippen molar-refractivity contribution in [3.8, 4) is 0 Å². The Hall–Kier alpha value is -3.58. The predicted molar refractivity (Wildman–Crippen MR) is 153 cm³/mol. The minimum absolute atomic E-state index is 0.133. The zero-order valence-electron chi connectivity index (χ0n) is 22.1. The molecule has 0 radical (unpaired) electrons. The molecule has 0 aliphatic rings. The molecule has 1 atom stereocenters. The van der Waals surface area contributed by atoms with E-state index in [1.807, 2.05) is 41.3 Å². The van der Waals surface area contributed by atoms with Crippen molar-refractivity contribution in [3.05, 3.63) is 113 Å². The number of carbonyl (C=O) groups is 1. The van der Waals surface area contributed by atoms with Gasteiger partial charge in [0.05, 0.1) is 0 Å². The van der Waals surface area contributed by atoms with Gasteiger partial charge in [0.1, 0.15) is 11.6 Å². The minimum atomic E-state index is -0.252. The SMILES string of the molecule is CCC(C)N(CCC(=O)N(CCc1ccccc1)Cc1ccccc1)c1nc(Cc2ccc(F)cc2)ns1. The van der Waals surface area contributed by atoms with E-state index < -0.39 is 0 Å². The van der Waals surface area contributed by atoms with Crippen molar-refractivity contribution in [2.45, 2.75) is 52.1 Å². The molecule has 0 saturated heterocycles. The number of hydrogen-bond acceptors (Lipinski definition) is 5. The highest BCUT2D eigenvalue weighted by molar-refractivity contribution is 7.09. The fraction of sp³-hybridized carbons (Fsp3) is 0.323. The molecule has 38 heavy (non-hydrogen) atoms. The molecular formula is C31H35FN4OS. The first-order chi connectivity index (χ1) is 18.5. The van der Waals surface area contributed by atoms with Crippen LogP contribution in [0.25, 0.3) is 0 Å². The molecule has 0 bridgehead atoms. The molecule has 198 valence electrons. The summed E-state index contributed by atoms with van der Waals surface area (Å²) in [7, 11) is 0. The molecular weight excluding hydrogens is 495 g/mol. The number of hydrogen-bond donors (Lipinski definition) is 0. The molecule has 5 nitrogen and oxygen atoms in total. The van der Waals surface area contributed by atoms with Crippen molar-refractivity contribution in [2.24, 2.45) is 0 Å². The van der Waals surface area contributed by atoms with Crippen LogP contribution in [0.1, 0.15) is 49.2 Å². The highest BCUT2D eigenvalue weighted by atomic mass is 32.1. The second-order valence-electron chi connectivity index (χ2n) is 9.53. The Morgan fingerprint density at radius 1 is 0.895 bits per heavy atom. The summed E-state index contributed by atoms with van der Waals surface area (Å²) in [6, 6.07) is 27.1. The molecule has 4 aromatic rings. The lowest BCUT2D eigenvalue weighted by atomic mass is 10.1. The summed E-state index contributed by atoms with van der Waals surface area (Å²) >= 11 is 1.36. The largest absolute Gasteiger partial charge is 0.344 e. The maximum atomic E-state index is 13.5. The van der Waals surface area contributed by atoms with Gasteiger partial charge < -0.3 is 9.80 Å². The number of nitrogens with zero attached hydrogens (tertiary/aromatic N) is 4. The fourth-order valence-electron chi connectivity index (χ4n) is 4.32. The molecule has 0 aliphatic carbocycles. The predicted octanol–water partition coefficient (Wildman–Crippen LogP) is 6.53. The van der Waals surface area contributed by atoms with Gasteiger partial charge in [-0.1, -0.05) is 79.7 Å². The van der Waals surface area contributed by atoms with E-state index in [4.69, 9.17) is 4.98 Å². The monoisotopic (exact) mass is 530 g/mol. The average Bonchev–Trinajstić information content (AvgIpc) is 3.41. The topological polar surface area (TPSA) is 49.3 Å². The van der Waals surface area contributed by atoms with Gasteiger partial charge >= 0.3 is 0 Å². The average molecular weight is 531 g/mol. The van der Waals surface area contributed by atoms with Crippen LogP contribution < -0.4 is 4.90 Å². The number of halogens is 1. The lowest BCUT2D eigenvalue weighted by Gasteiger charge is -2.29. The van der Waals surface area contributed by atoms with Gasteiger partial charge in [-0.15, -0.1) is 0 Å². The highest BCUT2D eigenvalue weighted by Gasteiger charge is 2.21. The molecule has 1 amide bonds. The molecule has 1 aromatic heterocycles. The van der Waals surface area contributed by atoms with Crippen LogP contribution in [-0.2, 0) is 24.2 Å². The number of anilines is 1. The third kappa shape index (κ3) is 7.96. The van der Waals surface area contributed by atoms with Gasteiger partial charge in [0.15, 0.2) is 0 Å². The van der Waals surface area contributed by atoms with Crippen LogP contribution in [0.3, 0.4) is 0 Å². The quantitative estimate of drug-likeness (QED) is 0.197. The van der Waals surface area contributed by atoms with Crippen LogP contribution >= 0.6 is 11.5 Å². The Kier molecular flexibility index (Phi) is 9.98. The molecule has 0 fully saturated rings. The summed E-state index contributed by atoms with van der Waals surface area (Å²) in [4.78, 5) is 22.5. The lowest BCUT2D eigenvalue weighted by Crippen LogP contribution is -2.38. The van der Waals surface area contributed by atoms with Crippen LogP contribution in [0.2, 0.25) is 0 Å². The van der Waals surface area contributed by atoms with Crippen LogP contribution in [0.15, 0.2) is 84.9 Å². The second kappa shape index (κ2) is 13.8. The van der Waals surface area contributed by atoms with Crippen LogP contribution in [-0.4, -0.2) is 39.3 Å². The second-order valence-corrected chi connectivity index (χ2v) is 10.3. The molecule has 0 aliphatic heterocycles. The number of aromatic nitrogens is 2. The van der Waals surface area contributed by atoms with Crippen molar-refractivity contribution >= 4 is 22.6 Å². The summed E-state index contributed by atoms with van der Waals surface area (Å²) in [5, 5.41) is 0.822. The smallest absolute Gasteiger partial charge is 0.224 e. The molecule has 3 aromatic carbocycles. The number of carbonyl (C=O) groups excluding carboxylic acids is 1. The van der Waals surface area contributed by atoms with Gasteiger partial charge in [-0.25, -0.2) is 9.37 Å². The van der Waals surface area contributed by atoms with Gasteiger partial charge in [-0.3, -0.25) is 4.79 Å². The molecule has 1 heterocycles. The van der Waals surface area contributed by atoms with E-state index in [9.17, 15) is 9.18 Å². The first-order valence-electron chi connectivity index (χ1n) is 13.2. The minimum Gasteiger partial charge on any atom is -0.344 e. The van der Waals surface area contributed by atoms with Gasteiger partial charge in [-0.05, 0) is 48.6 Å². The zero-order chi connectivity index (χ0) is 26.7. The zero-order valence-corrected chi connectivity index (χ0v) is 22.9. The normalized spacial score (nSPS) is 11.8. The van der Waals surface area contributed by atoms with Crippen molar-refractivity contribution < 1.29 is 9.18 Å². The number of benzene rings is 3. The van der Waals surface area contributed by atoms with Crippen LogP contribution in [0, 0.1) is 5.82 Å². The number of amides is 1. The van der Waals surface area contributed by atoms with E-state index in [-0.39, 0.29) is 17.8 Å². The molecule has 0 N–H and O–H groups in total. The highest BCUT2D eigenvalue weighted by Crippen LogP contribution is 2.23. The van der Waals surface area contributed by atoms with Crippen LogP contribution in [0.4, 0.5) is 9.52 Å². The standard InChI is InChI=1S/C31H35FN4OS/c1-3-24(2)36(31-33-29(34-38-31)22-26-14-16-28(32)17-15-26)21-19-30(37)35(23-27-12-8-5-9-13-27)20-18-25-10-6-4-7-11-25/h4-17,24H,3,18-23H2,1-2H3. The maximum Gasteiger partial charge on any atom is 0.224 e. The summed E-state index contributed by atoms with van der Waals surface area (Å²) in [5.41, 5.74) is 3.32. The Morgan fingerprint density at radius 2 is 1.55 bits per heavy atom. The summed E-state index contributed by atoms with van der Waals surface area (Å²) in [6.45, 7) is 6.14. The third-order valence-electron chi connectivity index (χ3n) is 6.75. The summed E-state index contributed by atoms with van der Waals surface area (Å²) < 4.78 is 17.8. The van der Waals surface area contributed by atoms with Crippen LogP contribution in [0.5, 0.6) is 0 Å². The van der Waals surface area contributed by atoms with Crippen molar-refractivity contribution in [2.75, 3.05) is 18.0 Å². The first kappa shape index (κ1) is 27.5. The Bertz CT molecular complexity index is 1260. The Morgan fingerprint density at radius 3 is 2.21 bits per heavy atom. The summed E-state index contributed by atoms with van der Waals surface area (Å²) in [6.07, 6.45) is 2.70. The molecule has 1 unspecified atom stereocenters. The van der Waals surface area contributed by atoms with Crippen molar-refractivity contribution in [1.29, 1.82) is 0 Å². The third-order valence-corrected chi connectivity index (χ3v) is 7.54. The molecule has 4 rings (SSSR count). The van der Waals surface area contributed by atoms with E-state index in [0.717, 1.165) is 29.1 Å². The van der Waals surface area contributed by atoms with Gasteiger partial charge in [0, 0.05) is 50.1 Å². The molecule has 0 saturated carbocycles. The fourth-order valence-corrected chi connectivity index (χ4v) is 5.14. The van der Waals surface area contributed by atoms with E-state index in [0.29, 0.717) is 38.3 Å². The van der Waals surface area contributed by atoms with Gasteiger partial charge in [-0.2, -0.15) is 4.37 Å². The van der Waals surface area contributed by atoms with E-state index in [1.54, 1.807) is 12.1 Å². The maximum absolute atomic E-state index is 13.5. The van der Waals surface area contributed by atoms with E-state index in [2.05, 4.69) is 47.4 Å². The Labute approximate surface area is 229 Å². The summed E-state index contributed by atoms with van der Waals surface area (Å²) in [5.74, 6) is 0.595.